The first-order chi connectivity index (χ1) is 9.08. The first-order valence-electron chi connectivity index (χ1n) is 5.47. The van der Waals surface area contributed by atoms with Crippen LogP contribution in [0, 0.1) is 5.82 Å². The average molecular weight is 325 g/mol. The van der Waals surface area contributed by atoms with Crippen molar-refractivity contribution < 1.29 is 19.0 Å². The van der Waals surface area contributed by atoms with E-state index in [0.717, 1.165) is 0 Å². The maximum Gasteiger partial charge on any atom is 0.336 e. The molecule has 0 saturated carbocycles. The van der Waals surface area contributed by atoms with Crippen LogP contribution in [0.4, 0.5) is 4.39 Å². The van der Waals surface area contributed by atoms with Crippen LogP contribution in [-0.4, -0.2) is 11.1 Å². The maximum atomic E-state index is 13.5. The van der Waals surface area contributed by atoms with Gasteiger partial charge in [0.25, 0.3) is 0 Å². The first-order valence-corrected chi connectivity index (χ1v) is 6.26. The highest BCUT2D eigenvalue weighted by molar-refractivity contribution is 9.10. The topological polar surface area (TPSA) is 46.5 Å². The summed E-state index contributed by atoms with van der Waals surface area (Å²) in [6.07, 6.45) is 0. The summed E-state index contributed by atoms with van der Waals surface area (Å²) < 4.78 is 19.5. The van der Waals surface area contributed by atoms with E-state index in [0.29, 0.717) is 10.0 Å². The minimum atomic E-state index is -1.03. The molecule has 0 unspecified atom stereocenters. The first kappa shape index (κ1) is 13.5. The molecule has 98 valence electrons. The monoisotopic (exact) mass is 324 g/mol. The molecular weight excluding hydrogens is 315 g/mol. The third-order valence-electron chi connectivity index (χ3n) is 2.52. The van der Waals surface area contributed by atoms with E-state index in [2.05, 4.69) is 15.9 Å². The quantitative estimate of drug-likeness (QED) is 0.928. The molecule has 0 atom stereocenters. The zero-order valence-corrected chi connectivity index (χ0v) is 11.4. The number of halogens is 2. The lowest BCUT2D eigenvalue weighted by Gasteiger charge is -2.09. The molecular formula is C14H10BrFO3. The van der Waals surface area contributed by atoms with Crippen LogP contribution in [0.1, 0.15) is 15.9 Å². The minimum Gasteiger partial charge on any atom is -0.486 e. The Hall–Kier alpha value is -1.88. The molecule has 0 saturated heterocycles. The van der Waals surface area contributed by atoms with Gasteiger partial charge in [0.2, 0.25) is 0 Å². The number of benzene rings is 2. The number of hydrogen-bond donors (Lipinski definition) is 1. The lowest BCUT2D eigenvalue weighted by molar-refractivity contribution is 0.0694. The van der Waals surface area contributed by atoms with Gasteiger partial charge in [-0.25, -0.2) is 9.18 Å². The van der Waals surface area contributed by atoms with Gasteiger partial charge in [0, 0.05) is 10.0 Å². The molecule has 0 fully saturated rings. The summed E-state index contributed by atoms with van der Waals surface area (Å²) in [6.45, 7) is -0.00412. The van der Waals surface area contributed by atoms with Crippen LogP contribution in [0.2, 0.25) is 0 Å². The fourth-order valence-electron chi connectivity index (χ4n) is 1.60. The Morgan fingerprint density at radius 1 is 1.26 bits per heavy atom. The van der Waals surface area contributed by atoms with Gasteiger partial charge in [-0.2, -0.15) is 0 Å². The molecule has 2 rings (SSSR count). The molecule has 0 radical (unpaired) electrons. The predicted octanol–water partition coefficient (Wildman–Crippen LogP) is 3.87. The summed E-state index contributed by atoms with van der Waals surface area (Å²) in [5, 5.41) is 9.02. The van der Waals surface area contributed by atoms with Crippen molar-refractivity contribution in [1.29, 1.82) is 0 Å². The van der Waals surface area contributed by atoms with Gasteiger partial charge in [-0.3, -0.25) is 0 Å². The summed E-state index contributed by atoms with van der Waals surface area (Å²) >= 11 is 3.22. The molecule has 19 heavy (non-hydrogen) atoms. The Morgan fingerprint density at radius 3 is 2.74 bits per heavy atom. The van der Waals surface area contributed by atoms with Gasteiger partial charge in [-0.1, -0.05) is 34.1 Å². The molecule has 0 spiro atoms. The van der Waals surface area contributed by atoms with Crippen LogP contribution in [0.15, 0.2) is 46.9 Å². The van der Waals surface area contributed by atoms with Gasteiger partial charge in [-0.15, -0.1) is 0 Å². The Kier molecular flexibility index (Phi) is 4.16. The molecule has 5 heteroatoms. The van der Waals surface area contributed by atoms with Gasteiger partial charge in [0.05, 0.1) is 5.56 Å². The summed E-state index contributed by atoms with van der Waals surface area (Å²) in [5.41, 5.74) is 0.646. The smallest absolute Gasteiger partial charge is 0.336 e. The van der Waals surface area contributed by atoms with Crippen LogP contribution >= 0.6 is 15.9 Å². The third-order valence-corrected chi connectivity index (χ3v) is 3.02. The standard InChI is InChI=1S/C14H10BrFO3/c15-10-5-6-12(16)13(7-10)19-8-9-3-1-2-4-11(9)14(17)18/h1-7H,8H2,(H,17,18). The van der Waals surface area contributed by atoms with Crippen molar-refractivity contribution in [3.05, 3.63) is 63.9 Å². The molecule has 3 nitrogen and oxygen atoms in total. The van der Waals surface area contributed by atoms with Gasteiger partial charge in [0.15, 0.2) is 11.6 Å². The number of aromatic carboxylic acids is 1. The SMILES string of the molecule is O=C(O)c1ccccc1COc1cc(Br)ccc1F. The van der Waals surface area contributed by atoms with E-state index in [4.69, 9.17) is 9.84 Å². The fraction of sp³-hybridized carbons (Fsp3) is 0.0714. The molecule has 0 amide bonds. The van der Waals surface area contributed by atoms with E-state index in [9.17, 15) is 9.18 Å². The highest BCUT2D eigenvalue weighted by Crippen LogP contribution is 2.23. The molecule has 0 aliphatic carbocycles. The van der Waals surface area contributed by atoms with Gasteiger partial charge >= 0.3 is 5.97 Å². The number of carboxylic acid groups (broad SMARTS) is 1. The zero-order valence-electron chi connectivity index (χ0n) is 9.77. The summed E-state index contributed by atoms with van der Waals surface area (Å²) in [4.78, 5) is 11.0. The molecule has 0 aliphatic rings. The molecule has 1 N–H and O–H groups in total. The molecule has 2 aromatic rings. The van der Waals surface area contributed by atoms with Crippen molar-refractivity contribution in [2.45, 2.75) is 6.61 Å². The van der Waals surface area contributed by atoms with Crippen molar-refractivity contribution >= 4 is 21.9 Å². The van der Waals surface area contributed by atoms with E-state index >= 15 is 0 Å². The van der Waals surface area contributed by atoms with Crippen LogP contribution in [0.25, 0.3) is 0 Å². The van der Waals surface area contributed by atoms with Crippen LogP contribution in [0.5, 0.6) is 5.75 Å². The second kappa shape index (κ2) is 5.84. The van der Waals surface area contributed by atoms with Gasteiger partial charge in [-0.05, 0) is 24.3 Å². The summed E-state index contributed by atoms with van der Waals surface area (Å²) in [6, 6.07) is 10.8. The van der Waals surface area contributed by atoms with E-state index in [1.807, 2.05) is 0 Å². The Bertz CT molecular complexity index is 613. The predicted molar refractivity (Wildman–Crippen MR) is 71.8 cm³/mol. The van der Waals surface area contributed by atoms with Crippen LogP contribution < -0.4 is 4.74 Å². The summed E-state index contributed by atoms with van der Waals surface area (Å²) in [5.74, 6) is -1.44. The zero-order chi connectivity index (χ0) is 13.8. The molecule has 2 aromatic carbocycles. The fourth-order valence-corrected chi connectivity index (χ4v) is 1.94. The number of ether oxygens (including phenoxy) is 1. The highest BCUT2D eigenvalue weighted by Gasteiger charge is 2.10. The van der Waals surface area contributed by atoms with Gasteiger partial charge in [0.1, 0.15) is 6.61 Å². The lowest BCUT2D eigenvalue weighted by Crippen LogP contribution is -2.05. The van der Waals surface area contributed by atoms with Crippen LogP contribution in [-0.2, 0) is 6.61 Å². The second-order valence-corrected chi connectivity index (χ2v) is 4.74. The van der Waals surface area contributed by atoms with Crippen molar-refractivity contribution in [1.82, 2.24) is 0 Å². The number of hydrogen-bond acceptors (Lipinski definition) is 2. The minimum absolute atomic E-state index is 0.00412. The highest BCUT2D eigenvalue weighted by atomic mass is 79.9. The van der Waals surface area contributed by atoms with E-state index in [1.165, 1.54) is 18.2 Å². The molecule has 0 aliphatic heterocycles. The summed E-state index contributed by atoms with van der Waals surface area (Å²) in [7, 11) is 0. The van der Waals surface area contributed by atoms with Crippen LogP contribution in [0.3, 0.4) is 0 Å². The van der Waals surface area contributed by atoms with Crippen molar-refractivity contribution in [3.63, 3.8) is 0 Å². The Morgan fingerprint density at radius 2 is 2.00 bits per heavy atom. The Labute approximate surface area is 117 Å². The second-order valence-electron chi connectivity index (χ2n) is 3.83. The largest absolute Gasteiger partial charge is 0.486 e. The van der Waals surface area contributed by atoms with E-state index in [1.54, 1.807) is 24.3 Å². The van der Waals surface area contributed by atoms with Crippen molar-refractivity contribution in [2.75, 3.05) is 0 Å². The third kappa shape index (κ3) is 3.32. The van der Waals surface area contributed by atoms with Crippen molar-refractivity contribution in [3.8, 4) is 5.75 Å². The number of carboxylic acids is 1. The number of rotatable bonds is 4. The molecule has 0 heterocycles. The lowest BCUT2D eigenvalue weighted by atomic mass is 10.1. The maximum absolute atomic E-state index is 13.5. The normalized spacial score (nSPS) is 10.2. The Balaban J connectivity index is 2.19. The molecule has 0 aromatic heterocycles. The van der Waals surface area contributed by atoms with Crippen molar-refractivity contribution in [2.24, 2.45) is 0 Å². The molecule has 0 bridgehead atoms. The van der Waals surface area contributed by atoms with Gasteiger partial charge < -0.3 is 9.84 Å². The van der Waals surface area contributed by atoms with E-state index in [-0.39, 0.29) is 17.9 Å². The average Bonchev–Trinajstić information content (AvgIpc) is 2.40. The number of carbonyl (C=O) groups is 1. The van der Waals surface area contributed by atoms with E-state index < -0.39 is 11.8 Å².